The van der Waals surface area contributed by atoms with E-state index in [4.69, 9.17) is 9.47 Å². The van der Waals surface area contributed by atoms with Crippen LogP contribution in [-0.4, -0.2) is 23.6 Å². The van der Waals surface area contributed by atoms with E-state index in [0.29, 0.717) is 17.2 Å². The van der Waals surface area contributed by atoms with Gasteiger partial charge in [-0.1, -0.05) is 42.5 Å². The number of nitrogens with one attached hydrogen (secondary N) is 2. The molecule has 0 aromatic heterocycles. The molecule has 6 nitrogen and oxygen atoms in total. The Balaban J connectivity index is 1.20. The van der Waals surface area contributed by atoms with Gasteiger partial charge in [-0.15, -0.1) is 0 Å². The van der Waals surface area contributed by atoms with Crippen LogP contribution in [0.5, 0.6) is 11.5 Å². The maximum atomic E-state index is 12.7. The van der Waals surface area contributed by atoms with Gasteiger partial charge < -0.3 is 20.1 Å². The highest BCUT2D eigenvalue weighted by molar-refractivity contribution is 5.98. The minimum atomic E-state index is -0.677. The fourth-order valence-electron chi connectivity index (χ4n) is 4.52. The molecule has 164 valence electrons. The van der Waals surface area contributed by atoms with Gasteiger partial charge in [0, 0.05) is 24.6 Å². The van der Waals surface area contributed by atoms with E-state index < -0.39 is 11.8 Å². The van der Waals surface area contributed by atoms with Gasteiger partial charge in [0.15, 0.2) is 11.5 Å². The average molecular weight is 431 g/mol. The van der Waals surface area contributed by atoms with Gasteiger partial charge in [0.25, 0.3) is 5.79 Å². The second-order valence-corrected chi connectivity index (χ2v) is 8.58. The molecule has 0 saturated heterocycles. The highest BCUT2D eigenvalue weighted by Gasteiger charge is 2.44. The molecule has 1 saturated carbocycles. The number of hydrogen-bond donors (Lipinski definition) is 2. The van der Waals surface area contributed by atoms with E-state index in [1.807, 2.05) is 48.5 Å². The zero-order valence-corrected chi connectivity index (χ0v) is 18.0. The Kier molecular flexibility index (Phi) is 5.21. The number of fused-ring (bicyclic) bond motifs is 2. The van der Waals surface area contributed by atoms with Gasteiger partial charge in [-0.3, -0.25) is 9.59 Å². The molecule has 0 bridgehead atoms. The van der Waals surface area contributed by atoms with Crippen LogP contribution >= 0.6 is 0 Å². The molecule has 3 aromatic rings. The van der Waals surface area contributed by atoms with Crippen LogP contribution in [0.2, 0.25) is 0 Å². The lowest BCUT2D eigenvalue weighted by atomic mass is 10.0. The molecule has 6 heteroatoms. The molecule has 2 N–H and O–H groups in total. The van der Waals surface area contributed by atoms with Crippen molar-refractivity contribution in [2.75, 3.05) is 5.32 Å². The van der Waals surface area contributed by atoms with Crippen LogP contribution in [0.1, 0.15) is 38.2 Å². The van der Waals surface area contributed by atoms with Crippen LogP contribution in [0.25, 0.3) is 10.8 Å². The molecular weight excluding hydrogens is 404 g/mol. The van der Waals surface area contributed by atoms with Crippen molar-refractivity contribution in [2.24, 2.45) is 0 Å². The minimum absolute atomic E-state index is 0.196. The molecule has 0 unspecified atom stereocenters. The molecule has 1 heterocycles. The van der Waals surface area contributed by atoms with Gasteiger partial charge in [-0.2, -0.15) is 0 Å². The molecule has 1 fully saturated rings. The van der Waals surface area contributed by atoms with E-state index >= 15 is 0 Å². The summed E-state index contributed by atoms with van der Waals surface area (Å²) in [7, 11) is 0. The first kappa shape index (κ1) is 20.4. The Morgan fingerprint density at radius 2 is 1.72 bits per heavy atom. The Labute approximate surface area is 186 Å². The second-order valence-electron chi connectivity index (χ2n) is 8.58. The molecule has 5 rings (SSSR count). The fraction of sp³-hybridized carbons (Fsp3) is 0.308. The molecule has 0 radical (unpaired) electrons. The SMILES string of the molecule is C[C@H](NC(=O)Cc1cccc2ccccc12)C(=O)Nc1ccc2c(c1)OC1(CCCC1)O2. The maximum Gasteiger partial charge on any atom is 0.251 e. The molecule has 1 spiro atoms. The van der Waals surface area contributed by atoms with Crippen molar-refractivity contribution >= 4 is 28.3 Å². The number of anilines is 1. The Morgan fingerprint density at radius 3 is 2.56 bits per heavy atom. The summed E-state index contributed by atoms with van der Waals surface area (Å²) in [4.78, 5) is 25.3. The zero-order chi connectivity index (χ0) is 22.1. The lowest BCUT2D eigenvalue weighted by molar-refractivity contribution is -0.125. The fourth-order valence-corrected chi connectivity index (χ4v) is 4.52. The van der Waals surface area contributed by atoms with Crippen molar-refractivity contribution in [1.82, 2.24) is 5.32 Å². The van der Waals surface area contributed by atoms with Crippen LogP contribution in [-0.2, 0) is 16.0 Å². The van der Waals surface area contributed by atoms with Gasteiger partial charge in [0.2, 0.25) is 11.8 Å². The lowest BCUT2D eigenvalue weighted by Crippen LogP contribution is -2.42. The molecular formula is C26H26N2O4. The molecule has 1 atom stereocenters. The normalized spacial score (nSPS) is 16.8. The van der Waals surface area contributed by atoms with Gasteiger partial charge in [-0.05, 0) is 48.2 Å². The predicted octanol–water partition coefficient (Wildman–Crippen LogP) is 4.57. The first-order chi connectivity index (χ1) is 15.5. The third kappa shape index (κ3) is 4.00. The van der Waals surface area contributed by atoms with E-state index in [2.05, 4.69) is 10.6 Å². The summed E-state index contributed by atoms with van der Waals surface area (Å²) in [5.41, 5.74) is 1.55. The van der Waals surface area contributed by atoms with E-state index in [1.54, 1.807) is 19.1 Å². The van der Waals surface area contributed by atoms with E-state index in [0.717, 1.165) is 42.0 Å². The summed E-state index contributed by atoms with van der Waals surface area (Å²) in [6.45, 7) is 1.68. The Hall–Kier alpha value is -3.54. The van der Waals surface area contributed by atoms with Gasteiger partial charge in [-0.25, -0.2) is 0 Å². The maximum absolute atomic E-state index is 12.7. The Bertz CT molecular complexity index is 1180. The molecule has 1 aliphatic heterocycles. The second kappa shape index (κ2) is 8.19. The van der Waals surface area contributed by atoms with Crippen LogP contribution < -0.4 is 20.1 Å². The smallest absolute Gasteiger partial charge is 0.251 e. The topological polar surface area (TPSA) is 76.7 Å². The van der Waals surface area contributed by atoms with Crippen LogP contribution in [0.4, 0.5) is 5.69 Å². The summed E-state index contributed by atoms with van der Waals surface area (Å²) in [6, 6.07) is 18.6. The predicted molar refractivity (Wildman–Crippen MR) is 123 cm³/mol. The number of amides is 2. The first-order valence-corrected chi connectivity index (χ1v) is 11.1. The van der Waals surface area contributed by atoms with Gasteiger partial charge >= 0.3 is 0 Å². The molecule has 2 amide bonds. The number of rotatable bonds is 5. The summed E-state index contributed by atoms with van der Waals surface area (Å²) in [5, 5.41) is 7.79. The largest absolute Gasteiger partial charge is 0.448 e. The number of ether oxygens (including phenoxy) is 2. The van der Waals surface area contributed by atoms with Crippen LogP contribution in [0.15, 0.2) is 60.7 Å². The van der Waals surface area contributed by atoms with E-state index in [1.165, 1.54) is 0 Å². The van der Waals surface area contributed by atoms with Crippen molar-refractivity contribution in [3.8, 4) is 11.5 Å². The molecule has 1 aliphatic carbocycles. The Morgan fingerprint density at radius 1 is 0.969 bits per heavy atom. The van der Waals surface area contributed by atoms with Crippen molar-refractivity contribution < 1.29 is 19.1 Å². The zero-order valence-electron chi connectivity index (χ0n) is 18.0. The first-order valence-electron chi connectivity index (χ1n) is 11.1. The minimum Gasteiger partial charge on any atom is -0.448 e. The van der Waals surface area contributed by atoms with Crippen molar-refractivity contribution in [2.45, 2.75) is 50.9 Å². The molecule has 32 heavy (non-hydrogen) atoms. The number of carbonyl (C=O) groups is 2. The lowest BCUT2D eigenvalue weighted by Gasteiger charge is -2.21. The summed E-state index contributed by atoms with van der Waals surface area (Å²) in [5.74, 6) is 0.343. The van der Waals surface area contributed by atoms with Gasteiger partial charge in [0.1, 0.15) is 6.04 Å². The standard InChI is InChI=1S/C26H26N2O4/c1-17(27-24(29)15-19-9-6-8-18-7-2-3-10-21(18)19)25(30)28-20-11-12-22-23(16-20)32-26(31-22)13-4-5-14-26/h2-3,6-12,16-17H,4-5,13-15H2,1H3,(H,27,29)(H,28,30)/t17-/m0/s1. The van der Waals surface area contributed by atoms with Crippen LogP contribution in [0.3, 0.4) is 0 Å². The highest BCUT2D eigenvalue weighted by atomic mass is 16.7. The summed E-state index contributed by atoms with van der Waals surface area (Å²) in [6.07, 6.45) is 4.15. The van der Waals surface area contributed by atoms with Crippen LogP contribution in [0, 0.1) is 0 Å². The third-order valence-corrected chi connectivity index (χ3v) is 6.17. The van der Waals surface area contributed by atoms with Crippen molar-refractivity contribution in [3.63, 3.8) is 0 Å². The third-order valence-electron chi connectivity index (χ3n) is 6.17. The quantitative estimate of drug-likeness (QED) is 0.622. The average Bonchev–Trinajstić information content (AvgIpc) is 3.39. The number of benzene rings is 3. The van der Waals surface area contributed by atoms with Crippen molar-refractivity contribution in [3.05, 3.63) is 66.2 Å². The number of carbonyl (C=O) groups excluding carboxylic acids is 2. The summed E-state index contributed by atoms with van der Waals surface area (Å²) >= 11 is 0. The van der Waals surface area contributed by atoms with Crippen molar-refractivity contribution in [1.29, 1.82) is 0 Å². The van der Waals surface area contributed by atoms with Gasteiger partial charge in [0.05, 0.1) is 6.42 Å². The summed E-state index contributed by atoms with van der Waals surface area (Å²) < 4.78 is 12.1. The molecule has 3 aromatic carbocycles. The van der Waals surface area contributed by atoms with E-state index in [9.17, 15) is 9.59 Å². The monoisotopic (exact) mass is 430 g/mol. The highest BCUT2D eigenvalue weighted by Crippen LogP contribution is 2.47. The van der Waals surface area contributed by atoms with E-state index in [-0.39, 0.29) is 18.2 Å². The molecule has 2 aliphatic rings. The number of hydrogen-bond acceptors (Lipinski definition) is 4.